The fourth-order valence-electron chi connectivity index (χ4n) is 2.31. The van der Waals surface area contributed by atoms with Gasteiger partial charge in [0.2, 0.25) is 0 Å². The van der Waals surface area contributed by atoms with Crippen molar-refractivity contribution in [2.45, 2.75) is 25.8 Å². The van der Waals surface area contributed by atoms with Crippen LogP contribution in [0.25, 0.3) is 0 Å². The Hall–Kier alpha value is -0.870. The van der Waals surface area contributed by atoms with Crippen molar-refractivity contribution in [3.05, 3.63) is 28.8 Å². The number of hydrogen-bond acceptors (Lipinski definition) is 2. The fraction of sp³-hybridized carbons (Fsp3) is 0.538. The van der Waals surface area contributed by atoms with E-state index in [0.717, 1.165) is 32.0 Å². The number of nitrogens with one attached hydrogen (secondary N) is 1. The van der Waals surface area contributed by atoms with Crippen LogP contribution in [0.3, 0.4) is 0 Å². The van der Waals surface area contributed by atoms with Crippen LogP contribution in [0.15, 0.2) is 12.1 Å². The Morgan fingerprint density at radius 3 is 2.89 bits per heavy atom. The molecule has 2 nitrogen and oxygen atoms in total. The predicted octanol–water partition coefficient (Wildman–Crippen LogP) is 3.20. The average Bonchev–Trinajstić information content (AvgIpc) is 2.53. The zero-order valence-corrected chi connectivity index (χ0v) is 11.1. The SMILES string of the molecule is CCC1CN(c2c(F)cc(F)cc2Cl)CCCN1. The summed E-state index contributed by atoms with van der Waals surface area (Å²) < 4.78 is 26.9. The molecule has 5 heteroatoms. The Labute approximate surface area is 111 Å². The second-order valence-corrected chi connectivity index (χ2v) is 4.98. The van der Waals surface area contributed by atoms with Gasteiger partial charge in [0, 0.05) is 25.2 Å². The van der Waals surface area contributed by atoms with Gasteiger partial charge in [-0.25, -0.2) is 8.78 Å². The third-order valence-corrected chi connectivity index (χ3v) is 3.56. The van der Waals surface area contributed by atoms with Crippen LogP contribution in [-0.4, -0.2) is 25.7 Å². The normalized spacial score (nSPS) is 20.9. The molecule has 100 valence electrons. The first-order valence-electron chi connectivity index (χ1n) is 6.24. The monoisotopic (exact) mass is 274 g/mol. The van der Waals surface area contributed by atoms with E-state index in [9.17, 15) is 8.78 Å². The lowest BCUT2D eigenvalue weighted by Gasteiger charge is -2.27. The molecule has 1 unspecified atom stereocenters. The number of rotatable bonds is 2. The van der Waals surface area contributed by atoms with Gasteiger partial charge >= 0.3 is 0 Å². The van der Waals surface area contributed by atoms with Crippen molar-refractivity contribution < 1.29 is 8.78 Å². The first-order valence-corrected chi connectivity index (χ1v) is 6.62. The molecule has 1 heterocycles. The van der Waals surface area contributed by atoms with Crippen molar-refractivity contribution in [3.8, 4) is 0 Å². The van der Waals surface area contributed by atoms with Crippen LogP contribution in [0.1, 0.15) is 19.8 Å². The summed E-state index contributed by atoms with van der Waals surface area (Å²) in [4.78, 5) is 1.91. The Morgan fingerprint density at radius 2 is 2.22 bits per heavy atom. The summed E-state index contributed by atoms with van der Waals surface area (Å²) in [6.07, 6.45) is 1.89. The highest BCUT2D eigenvalue weighted by Gasteiger charge is 2.21. The highest BCUT2D eigenvalue weighted by atomic mass is 35.5. The van der Waals surface area contributed by atoms with E-state index in [-0.39, 0.29) is 5.02 Å². The molecule has 0 aromatic heterocycles. The summed E-state index contributed by atoms with van der Waals surface area (Å²) >= 11 is 5.97. The fourth-order valence-corrected chi connectivity index (χ4v) is 2.63. The summed E-state index contributed by atoms with van der Waals surface area (Å²) in [5.41, 5.74) is 0.320. The summed E-state index contributed by atoms with van der Waals surface area (Å²) in [6.45, 7) is 4.42. The molecule has 0 aliphatic carbocycles. The van der Waals surface area contributed by atoms with E-state index in [2.05, 4.69) is 12.2 Å². The summed E-state index contributed by atoms with van der Waals surface area (Å²) in [5, 5.41) is 3.54. The smallest absolute Gasteiger partial charge is 0.150 e. The number of nitrogens with zero attached hydrogens (tertiary/aromatic N) is 1. The van der Waals surface area contributed by atoms with Crippen molar-refractivity contribution >= 4 is 17.3 Å². The molecular formula is C13H17ClF2N2. The average molecular weight is 275 g/mol. The number of hydrogen-bond donors (Lipinski definition) is 1. The van der Waals surface area contributed by atoms with Gasteiger partial charge in [0.25, 0.3) is 0 Å². The van der Waals surface area contributed by atoms with Crippen LogP contribution < -0.4 is 10.2 Å². The van der Waals surface area contributed by atoms with E-state index >= 15 is 0 Å². The van der Waals surface area contributed by atoms with Crippen molar-refractivity contribution in [1.82, 2.24) is 5.32 Å². The van der Waals surface area contributed by atoms with Gasteiger partial charge < -0.3 is 10.2 Å². The minimum Gasteiger partial charge on any atom is -0.366 e. The lowest BCUT2D eigenvalue weighted by molar-refractivity contribution is 0.524. The van der Waals surface area contributed by atoms with E-state index in [1.54, 1.807) is 0 Å². The first-order chi connectivity index (χ1) is 8.61. The molecule has 18 heavy (non-hydrogen) atoms. The zero-order chi connectivity index (χ0) is 13.1. The molecule has 1 aliphatic rings. The maximum atomic E-state index is 13.9. The minimum atomic E-state index is -0.638. The van der Waals surface area contributed by atoms with Crippen molar-refractivity contribution in [2.75, 3.05) is 24.5 Å². The van der Waals surface area contributed by atoms with E-state index < -0.39 is 11.6 Å². The van der Waals surface area contributed by atoms with E-state index in [4.69, 9.17) is 11.6 Å². The van der Waals surface area contributed by atoms with Crippen molar-refractivity contribution in [2.24, 2.45) is 0 Å². The molecule has 2 rings (SSSR count). The Bertz CT molecular complexity index is 402. The van der Waals surface area contributed by atoms with Gasteiger partial charge in [-0.15, -0.1) is 0 Å². The van der Waals surface area contributed by atoms with Crippen molar-refractivity contribution in [3.63, 3.8) is 0 Å². The third-order valence-electron chi connectivity index (χ3n) is 3.27. The van der Waals surface area contributed by atoms with Crippen LogP contribution in [0.5, 0.6) is 0 Å². The summed E-state index contributed by atoms with van der Waals surface area (Å²) in [5.74, 6) is -1.22. The number of benzene rings is 1. The second-order valence-electron chi connectivity index (χ2n) is 4.58. The first kappa shape index (κ1) is 13.6. The molecule has 0 bridgehead atoms. The lowest BCUT2D eigenvalue weighted by Crippen LogP contribution is -2.37. The summed E-state index contributed by atoms with van der Waals surface area (Å²) in [6, 6.07) is 2.37. The van der Waals surface area contributed by atoms with Gasteiger partial charge in [-0.2, -0.15) is 0 Å². The molecule has 1 atom stereocenters. The van der Waals surface area contributed by atoms with Gasteiger partial charge in [0.1, 0.15) is 5.82 Å². The summed E-state index contributed by atoms with van der Waals surface area (Å²) in [7, 11) is 0. The largest absolute Gasteiger partial charge is 0.366 e. The Morgan fingerprint density at radius 1 is 1.44 bits per heavy atom. The van der Waals surface area contributed by atoms with Crippen LogP contribution in [0.2, 0.25) is 5.02 Å². The van der Waals surface area contributed by atoms with E-state index in [1.165, 1.54) is 6.07 Å². The Balaban J connectivity index is 2.29. The van der Waals surface area contributed by atoms with Crippen LogP contribution in [0, 0.1) is 11.6 Å². The number of anilines is 1. The molecule has 1 saturated heterocycles. The molecule has 1 fully saturated rings. The van der Waals surface area contributed by atoms with E-state index in [0.29, 0.717) is 18.3 Å². The second kappa shape index (κ2) is 5.85. The maximum Gasteiger partial charge on any atom is 0.150 e. The third kappa shape index (κ3) is 2.93. The highest BCUT2D eigenvalue weighted by molar-refractivity contribution is 6.33. The minimum absolute atomic E-state index is 0.143. The molecular weight excluding hydrogens is 258 g/mol. The molecule has 0 saturated carbocycles. The van der Waals surface area contributed by atoms with Crippen LogP contribution in [-0.2, 0) is 0 Å². The standard InChI is InChI=1S/C13H17ClF2N2/c1-2-10-8-18(5-3-4-17-10)13-11(14)6-9(15)7-12(13)16/h6-7,10,17H,2-5,8H2,1H3. The van der Waals surface area contributed by atoms with Crippen LogP contribution in [0.4, 0.5) is 14.5 Å². The van der Waals surface area contributed by atoms with Gasteiger partial charge in [-0.1, -0.05) is 18.5 Å². The maximum absolute atomic E-state index is 13.9. The molecule has 0 amide bonds. The topological polar surface area (TPSA) is 15.3 Å². The molecule has 0 spiro atoms. The van der Waals surface area contributed by atoms with E-state index in [1.807, 2.05) is 4.90 Å². The quantitative estimate of drug-likeness (QED) is 0.891. The van der Waals surface area contributed by atoms with Gasteiger partial charge in [-0.3, -0.25) is 0 Å². The number of halogens is 3. The Kier molecular flexibility index (Phi) is 4.40. The zero-order valence-electron chi connectivity index (χ0n) is 10.3. The van der Waals surface area contributed by atoms with Crippen LogP contribution >= 0.6 is 11.6 Å². The molecule has 1 aliphatic heterocycles. The molecule has 1 N–H and O–H groups in total. The lowest BCUT2D eigenvalue weighted by atomic mass is 10.2. The van der Waals surface area contributed by atoms with Gasteiger partial charge in [0.05, 0.1) is 10.7 Å². The molecule has 1 aromatic carbocycles. The highest BCUT2D eigenvalue weighted by Crippen LogP contribution is 2.31. The molecule has 0 radical (unpaired) electrons. The van der Waals surface area contributed by atoms with Gasteiger partial charge in [0.15, 0.2) is 5.82 Å². The predicted molar refractivity (Wildman–Crippen MR) is 70.3 cm³/mol. The van der Waals surface area contributed by atoms with Gasteiger partial charge in [-0.05, 0) is 25.5 Å². The van der Waals surface area contributed by atoms with Crippen molar-refractivity contribution in [1.29, 1.82) is 0 Å². The molecule has 1 aromatic rings.